The molecule has 0 spiro atoms. The molecule has 2 aromatic rings. The van der Waals surface area contributed by atoms with Gasteiger partial charge in [-0.3, -0.25) is 0 Å². The summed E-state index contributed by atoms with van der Waals surface area (Å²) in [6, 6.07) is 14.9. The molecule has 4 nitrogen and oxygen atoms in total. The number of anilines is 1. The van der Waals surface area contributed by atoms with Gasteiger partial charge in [0, 0.05) is 11.7 Å². The highest BCUT2D eigenvalue weighted by Crippen LogP contribution is 2.18. The van der Waals surface area contributed by atoms with E-state index in [9.17, 15) is 9.90 Å². The first kappa shape index (κ1) is 14.9. The largest absolute Gasteiger partial charge is 0.497 e. The maximum Gasteiger partial charge on any atom is 0.337 e. The Kier molecular flexibility index (Phi) is 4.82. The van der Waals surface area contributed by atoms with Crippen LogP contribution in [-0.2, 0) is 6.42 Å². The lowest BCUT2D eigenvalue weighted by atomic mass is 10.1. The fourth-order valence-corrected chi connectivity index (χ4v) is 2.23. The van der Waals surface area contributed by atoms with Gasteiger partial charge in [0.05, 0.1) is 12.7 Å². The van der Waals surface area contributed by atoms with Crippen molar-refractivity contribution in [3.8, 4) is 5.75 Å². The molecule has 0 aliphatic heterocycles. The van der Waals surface area contributed by atoms with Gasteiger partial charge in [-0.15, -0.1) is 0 Å². The number of carbonyl (C=O) groups is 1. The smallest absolute Gasteiger partial charge is 0.337 e. The SMILES string of the molecule is COc1ccc(CC(C)Nc2ccccc2C(=O)O)cc1. The monoisotopic (exact) mass is 285 g/mol. The average molecular weight is 285 g/mol. The number of nitrogens with one attached hydrogen (secondary N) is 1. The summed E-state index contributed by atoms with van der Waals surface area (Å²) >= 11 is 0. The number of rotatable bonds is 6. The molecule has 21 heavy (non-hydrogen) atoms. The van der Waals surface area contributed by atoms with E-state index in [1.807, 2.05) is 37.3 Å². The van der Waals surface area contributed by atoms with Crippen LogP contribution in [0.4, 0.5) is 5.69 Å². The van der Waals surface area contributed by atoms with Gasteiger partial charge in [-0.1, -0.05) is 24.3 Å². The first-order valence-electron chi connectivity index (χ1n) is 6.82. The minimum absolute atomic E-state index is 0.124. The van der Waals surface area contributed by atoms with E-state index in [-0.39, 0.29) is 6.04 Å². The van der Waals surface area contributed by atoms with Crippen molar-refractivity contribution >= 4 is 11.7 Å². The topological polar surface area (TPSA) is 58.6 Å². The zero-order valence-corrected chi connectivity index (χ0v) is 12.2. The first-order chi connectivity index (χ1) is 10.1. The number of hydrogen-bond donors (Lipinski definition) is 2. The molecule has 1 atom stereocenters. The van der Waals surface area contributed by atoms with Crippen LogP contribution in [0.2, 0.25) is 0 Å². The Morgan fingerprint density at radius 1 is 1.19 bits per heavy atom. The first-order valence-corrected chi connectivity index (χ1v) is 6.82. The quantitative estimate of drug-likeness (QED) is 0.853. The summed E-state index contributed by atoms with van der Waals surface area (Å²) in [6.45, 7) is 2.03. The Labute approximate surface area is 124 Å². The third-order valence-electron chi connectivity index (χ3n) is 3.26. The molecule has 0 aliphatic rings. The molecule has 0 heterocycles. The van der Waals surface area contributed by atoms with E-state index < -0.39 is 5.97 Å². The lowest BCUT2D eigenvalue weighted by Crippen LogP contribution is -2.19. The van der Waals surface area contributed by atoms with Gasteiger partial charge in [-0.2, -0.15) is 0 Å². The normalized spacial score (nSPS) is 11.7. The van der Waals surface area contributed by atoms with Crippen LogP contribution < -0.4 is 10.1 Å². The molecule has 0 saturated carbocycles. The average Bonchev–Trinajstić information content (AvgIpc) is 2.48. The van der Waals surface area contributed by atoms with E-state index in [1.54, 1.807) is 25.3 Å². The molecule has 0 bridgehead atoms. The predicted octanol–water partition coefficient (Wildman–Crippen LogP) is 3.44. The number of hydrogen-bond acceptors (Lipinski definition) is 3. The minimum Gasteiger partial charge on any atom is -0.497 e. The second-order valence-electron chi connectivity index (χ2n) is 4.95. The van der Waals surface area contributed by atoms with Crippen LogP contribution in [0.3, 0.4) is 0 Å². The van der Waals surface area contributed by atoms with E-state index >= 15 is 0 Å². The van der Waals surface area contributed by atoms with Gasteiger partial charge in [0.2, 0.25) is 0 Å². The van der Waals surface area contributed by atoms with Crippen molar-refractivity contribution in [2.75, 3.05) is 12.4 Å². The summed E-state index contributed by atoms with van der Waals surface area (Å²) in [4.78, 5) is 11.2. The Morgan fingerprint density at radius 3 is 2.48 bits per heavy atom. The summed E-state index contributed by atoms with van der Waals surface area (Å²) in [5.74, 6) is -0.0923. The molecule has 4 heteroatoms. The lowest BCUT2D eigenvalue weighted by molar-refractivity contribution is 0.0698. The van der Waals surface area contributed by atoms with Crippen molar-refractivity contribution < 1.29 is 14.6 Å². The van der Waals surface area contributed by atoms with Crippen LogP contribution in [0.5, 0.6) is 5.75 Å². The highest BCUT2D eigenvalue weighted by atomic mass is 16.5. The van der Waals surface area contributed by atoms with Gasteiger partial charge in [0.15, 0.2) is 0 Å². The summed E-state index contributed by atoms with van der Waals surface area (Å²) in [5.41, 5.74) is 2.11. The van der Waals surface area contributed by atoms with Gasteiger partial charge in [0.25, 0.3) is 0 Å². The highest BCUT2D eigenvalue weighted by Gasteiger charge is 2.11. The molecule has 0 aliphatic carbocycles. The second-order valence-corrected chi connectivity index (χ2v) is 4.95. The van der Waals surface area contributed by atoms with E-state index in [1.165, 1.54) is 5.56 Å². The zero-order chi connectivity index (χ0) is 15.2. The maximum atomic E-state index is 11.2. The van der Waals surface area contributed by atoms with Gasteiger partial charge < -0.3 is 15.2 Å². The molecular formula is C17H19NO3. The fourth-order valence-electron chi connectivity index (χ4n) is 2.23. The highest BCUT2D eigenvalue weighted by molar-refractivity contribution is 5.94. The summed E-state index contributed by atoms with van der Waals surface area (Å²) in [5, 5.41) is 12.4. The summed E-state index contributed by atoms with van der Waals surface area (Å²) in [6.07, 6.45) is 0.804. The van der Waals surface area contributed by atoms with E-state index in [4.69, 9.17) is 4.74 Å². The third-order valence-corrected chi connectivity index (χ3v) is 3.26. The number of para-hydroxylation sites is 1. The number of ether oxygens (including phenoxy) is 1. The van der Waals surface area contributed by atoms with Crippen molar-refractivity contribution in [1.29, 1.82) is 0 Å². The van der Waals surface area contributed by atoms with Crippen LogP contribution in [0.1, 0.15) is 22.8 Å². The van der Waals surface area contributed by atoms with Crippen molar-refractivity contribution in [1.82, 2.24) is 0 Å². The molecule has 1 unspecified atom stereocenters. The number of carboxylic acids is 1. The van der Waals surface area contributed by atoms with Crippen molar-refractivity contribution in [2.45, 2.75) is 19.4 Å². The van der Waals surface area contributed by atoms with Gasteiger partial charge in [-0.05, 0) is 43.2 Å². The van der Waals surface area contributed by atoms with Gasteiger partial charge >= 0.3 is 5.97 Å². The molecule has 2 rings (SSSR count). The number of benzene rings is 2. The van der Waals surface area contributed by atoms with Crippen LogP contribution in [0, 0.1) is 0 Å². The molecule has 0 saturated heterocycles. The fraction of sp³-hybridized carbons (Fsp3) is 0.235. The molecule has 2 N–H and O–H groups in total. The summed E-state index contributed by atoms with van der Waals surface area (Å²) in [7, 11) is 1.64. The number of aromatic carboxylic acids is 1. The van der Waals surface area contributed by atoms with Crippen molar-refractivity contribution in [3.63, 3.8) is 0 Å². The van der Waals surface area contributed by atoms with Gasteiger partial charge in [-0.25, -0.2) is 4.79 Å². The van der Waals surface area contributed by atoms with Crippen LogP contribution >= 0.6 is 0 Å². The van der Waals surface area contributed by atoms with Crippen molar-refractivity contribution in [3.05, 3.63) is 59.7 Å². The molecule has 0 fully saturated rings. The van der Waals surface area contributed by atoms with E-state index in [0.29, 0.717) is 11.3 Å². The molecule has 0 aromatic heterocycles. The Bertz CT molecular complexity index is 608. The molecular weight excluding hydrogens is 266 g/mol. The Balaban J connectivity index is 2.04. The summed E-state index contributed by atoms with van der Waals surface area (Å²) < 4.78 is 5.13. The third kappa shape index (κ3) is 3.99. The minimum atomic E-state index is -0.922. The van der Waals surface area contributed by atoms with Crippen LogP contribution in [-0.4, -0.2) is 24.2 Å². The Morgan fingerprint density at radius 2 is 1.86 bits per heavy atom. The van der Waals surface area contributed by atoms with E-state index in [2.05, 4.69) is 5.32 Å². The standard InChI is InChI=1S/C17H19NO3/c1-12(11-13-7-9-14(21-2)10-8-13)18-16-6-4-3-5-15(16)17(19)20/h3-10,12,18H,11H2,1-2H3,(H,19,20). The molecule has 0 amide bonds. The lowest BCUT2D eigenvalue weighted by Gasteiger charge is -2.17. The zero-order valence-electron chi connectivity index (χ0n) is 12.2. The number of methoxy groups -OCH3 is 1. The molecule has 110 valence electrons. The Hall–Kier alpha value is -2.49. The number of carboxylic acid groups (broad SMARTS) is 1. The second kappa shape index (κ2) is 6.79. The van der Waals surface area contributed by atoms with Gasteiger partial charge in [0.1, 0.15) is 5.75 Å². The van der Waals surface area contributed by atoms with E-state index in [0.717, 1.165) is 12.2 Å². The van der Waals surface area contributed by atoms with Crippen molar-refractivity contribution in [2.24, 2.45) is 0 Å². The predicted molar refractivity (Wildman–Crippen MR) is 83.2 cm³/mol. The van der Waals surface area contributed by atoms with Crippen LogP contribution in [0.25, 0.3) is 0 Å². The van der Waals surface area contributed by atoms with Crippen LogP contribution in [0.15, 0.2) is 48.5 Å². The molecule has 0 radical (unpaired) electrons. The maximum absolute atomic E-state index is 11.2. The molecule has 2 aromatic carbocycles.